The number of allylic oxidation sites excluding steroid dienone is 2. The predicted molar refractivity (Wildman–Crippen MR) is 258 cm³/mol. The third-order valence-electron chi connectivity index (χ3n) is 12.1. The summed E-state index contributed by atoms with van der Waals surface area (Å²) in [5.74, 6) is 1.83. The molecule has 0 bridgehead atoms. The van der Waals surface area contributed by atoms with E-state index in [0.29, 0.717) is 17.5 Å². The quantitative estimate of drug-likeness (QED) is 0.161. The molecule has 1 aliphatic rings. The Morgan fingerprint density at radius 2 is 0.952 bits per heavy atom. The lowest BCUT2D eigenvalue weighted by Gasteiger charge is -2.12. The fourth-order valence-corrected chi connectivity index (χ4v) is 8.98. The van der Waals surface area contributed by atoms with Crippen molar-refractivity contribution in [2.24, 2.45) is 0 Å². The minimum Gasteiger partial charge on any atom is -0.456 e. The third-order valence-corrected chi connectivity index (χ3v) is 12.1. The number of hydrogen-bond acceptors (Lipinski definition) is 4. The van der Waals surface area contributed by atoms with Crippen LogP contribution < -0.4 is 10.6 Å². The molecule has 12 rings (SSSR count). The molecule has 1 aliphatic carbocycles. The maximum Gasteiger partial charge on any atom is 0.164 e. The van der Waals surface area contributed by atoms with Gasteiger partial charge >= 0.3 is 0 Å². The molecule has 3 aromatic heterocycles. The minimum absolute atomic E-state index is 0.604. The van der Waals surface area contributed by atoms with Crippen LogP contribution in [0.5, 0.6) is 0 Å². The topological polar surface area (TPSA) is 56.7 Å². The van der Waals surface area contributed by atoms with Gasteiger partial charge in [0.1, 0.15) is 11.2 Å². The van der Waals surface area contributed by atoms with Gasteiger partial charge in [-0.3, -0.25) is 0 Å². The molecule has 5 heteroatoms. The number of fused-ring (bicyclic) bond motifs is 6. The minimum atomic E-state index is 0.604. The predicted octanol–water partition coefficient (Wildman–Crippen LogP) is 13.2. The van der Waals surface area contributed by atoms with Crippen LogP contribution in [0.4, 0.5) is 0 Å². The Morgan fingerprint density at radius 1 is 0.397 bits per heavy atom. The van der Waals surface area contributed by atoms with Crippen molar-refractivity contribution in [1.29, 1.82) is 0 Å². The Morgan fingerprint density at radius 3 is 1.73 bits per heavy atom. The molecule has 63 heavy (non-hydrogen) atoms. The normalized spacial score (nSPS) is 12.3. The molecule has 0 spiro atoms. The summed E-state index contributed by atoms with van der Waals surface area (Å²) in [6.45, 7) is 0. The van der Waals surface area contributed by atoms with Crippen LogP contribution in [0.2, 0.25) is 0 Å². The van der Waals surface area contributed by atoms with Crippen molar-refractivity contribution in [3.8, 4) is 73.2 Å². The average molecular weight is 807 g/mol. The Balaban J connectivity index is 0.967. The molecule has 0 amide bonds. The monoisotopic (exact) mass is 806 g/mol. The number of furan rings is 1. The van der Waals surface area contributed by atoms with Crippen LogP contribution in [0.15, 0.2) is 211 Å². The summed E-state index contributed by atoms with van der Waals surface area (Å²) in [5, 5.41) is 5.76. The second-order valence-electron chi connectivity index (χ2n) is 16.0. The van der Waals surface area contributed by atoms with E-state index in [1.54, 1.807) is 0 Å². The molecule has 0 unspecified atom stereocenters. The summed E-state index contributed by atoms with van der Waals surface area (Å²) >= 11 is 0. The van der Waals surface area contributed by atoms with E-state index < -0.39 is 0 Å². The summed E-state index contributed by atoms with van der Waals surface area (Å²) < 4.78 is 8.57. The lowest BCUT2D eigenvalue weighted by molar-refractivity contribution is 0.669. The molecule has 296 valence electrons. The van der Waals surface area contributed by atoms with Gasteiger partial charge in [0.15, 0.2) is 17.5 Å². The van der Waals surface area contributed by atoms with E-state index >= 15 is 0 Å². The second kappa shape index (κ2) is 15.2. The van der Waals surface area contributed by atoms with Crippen LogP contribution in [0.25, 0.3) is 118 Å². The fraction of sp³-hybridized carbons (Fsp3) is 0.0172. The van der Waals surface area contributed by atoms with Crippen molar-refractivity contribution in [1.82, 2.24) is 19.5 Å². The molecule has 5 nitrogen and oxygen atoms in total. The highest BCUT2D eigenvalue weighted by Gasteiger charge is 2.17. The zero-order valence-electron chi connectivity index (χ0n) is 34.2. The smallest absolute Gasteiger partial charge is 0.164 e. The number of hydrogen-bond donors (Lipinski definition) is 0. The standard InChI is InChI=1S/C58H38N4O/c1-4-15-38(16-5-1)40-19-12-20-41(33-40)44-29-31-49-48-25-8-3-9-27-52(48)62(53(49)37-44)47-24-14-22-43(35-47)42-21-13-23-45(34-42)57-59-56(39-17-6-2-7-18-39)60-58(61-57)46-30-32-55-51(36-46)50-26-10-11-28-54(50)63-55/h1-7,9-37H,8H2. The van der Waals surface area contributed by atoms with Crippen LogP contribution in [0, 0.1) is 0 Å². The highest BCUT2D eigenvalue weighted by atomic mass is 16.3. The van der Waals surface area contributed by atoms with Crippen LogP contribution >= 0.6 is 0 Å². The van der Waals surface area contributed by atoms with Gasteiger partial charge in [0.05, 0.1) is 10.9 Å². The van der Waals surface area contributed by atoms with Crippen LogP contribution in [-0.4, -0.2) is 19.5 Å². The highest BCUT2D eigenvalue weighted by molar-refractivity contribution is 6.06. The van der Waals surface area contributed by atoms with Gasteiger partial charge in [0.2, 0.25) is 0 Å². The van der Waals surface area contributed by atoms with E-state index in [4.69, 9.17) is 19.4 Å². The number of nitrogens with zero attached hydrogens (tertiary/aromatic N) is 4. The Kier molecular flexibility index (Phi) is 8.82. The maximum atomic E-state index is 6.15. The Labute approximate surface area is 363 Å². The first kappa shape index (κ1) is 36.4. The molecule has 0 radical (unpaired) electrons. The molecular weight excluding hydrogens is 769 g/mol. The number of benzene rings is 8. The van der Waals surface area contributed by atoms with E-state index in [-0.39, 0.29) is 0 Å². The zero-order valence-corrected chi connectivity index (χ0v) is 34.2. The van der Waals surface area contributed by atoms with Crippen molar-refractivity contribution in [2.45, 2.75) is 6.42 Å². The molecule has 0 saturated heterocycles. The fourth-order valence-electron chi connectivity index (χ4n) is 8.98. The van der Waals surface area contributed by atoms with E-state index in [0.717, 1.165) is 61.9 Å². The molecule has 0 fully saturated rings. The molecule has 0 N–H and O–H groups in total. The molecular formula is C58H38N4O. The number of rotatable bonds is 7. The van der Waals surface area contributed by atoms with E-state index in [9.17, 15) is 0 Å². The number of aromatic nitrogens is 4. The first-order valence-corrected chi connectivity index (χ1v) is 21.3. The Bertz CT molecular complexity index is 3710. The van der Waals surface area contributed by atoms with Crippen molar-refractivity contribution in [3.05, 3.63) is 217 Å². The van der Waals surface area contributed by atoms with Gasteiger partial charge in [-0.05, 0) is 100 Å². The largest absolute Gasteiger partial charge is 0.456 e. The van der Waals surface area contributed by atoms with Gasteiger partial charge in [-0.2, -0.15) is 0 Å². The highest BCUT2D eigenvalue weighted by Crippen LogP contribution is 2.34. The van der Waals surface area contributed by atoms with Crippen molar-refractivity contribution in [3.63, 3.8) is 0 Å². The van der Waals surface area contributed by atoms with Crippen LogP contribution in [0.3, 0.4) is 0 Å². The Hall–Kier alpha value is -8.41. The zero-order chi connectivity index (χ0) is 41.7. The van der Waals surface area contributed by atoms with Crippen molar-refractivity contribution in [2.75, 3.05) is 0 Å². The lowest BCUT2D eigenvalue weighted by Crippen LogP contribution is -2.27. The maximum absolute atomic E-state index is 6.15. The van der Waals surface area contributed by atoms with Crippen molar-refractivity contribution >= 4 is 45.0 Å². The molecule has 11 aromatic rings. The average Bonchev–Trinajstić information content (AvgIpc) is 3.77. The first-order chi connectivity index (χ1) is 31.2. The summed E-state index contributed by atoms with van der Waals surface area (Å²) in [7, 11) is 0. The molecule has 0 saturated carbocycles. The van der Waals surface area contributed by atoms with Gasteiger partial charge < -0.3 is 8.98 Å². The molecule has 8 aromatic carbocycles. The van der Waals surface area contributed by atoms with Gasteiger partial charge in [-0.1, -0.05) is 158 Å². The van der Waals surface area contributed by atoms with Gasteiger partial charge in [-0.25, -0.2) is 15.0 Å². The van der Waals surface area contributed by atoms with Crippen LogP contribution in [0.1, 0.15) is 6.42 Å². The van der Waals surface area contributed by atoms with E-state index in [1.165, 1.54) is 43.7 Å². The SMILES string of the molecule is C1=CCC=c2c(n(-c3cccc(-c4cccc(-c5nc(-c6ccccc6)nc(-c6ccc7oc8ccccc8c7c6)n5)c4)c3)c3cc(-c4cccc(-c5ccccc5)c4)ccc23)=C1. The lowest BCUT2D eigenvalue weighted by atomic mass is 9.98. The molecule has 3 heterocycles. The van der Waals surface area contributed by atoms with Gasteiger partial charge in [-0.15, -0.1) is 0 Å². The van der Waals surface area contributed by atoms with Gasteiger partial charge in [0.25, 0.3) is 0 Å². The summed E-state index contributed by atoms with van der Waals surface area (Å²) in [6.07, 6.45) is 9.87. The summed E-state index contributed by atoms with van der Waals surface area (Å²) in [5.41, 5.74) is 13.6. The second-order valence-corrected chi connectivity index (χ2v) is 16.0. The third kappa shape index (κ3) is 6.64. The summed E-state index contributed by atoms with van der Waals surface area (Å²) in [6, 6.07) is 68.1. The number of para-hydroxylation sites is 1. The summed E-state index contributed by atoms with van der Waals surface area (Å²) in [4.78, 5) is 15.3. The van der Waals surface area contributed by atoms with E-state index in [2.05, 4.69) is 162 Å². The van der Waals surface area contributed by atoms with Crippen molar-refractivity contribution < 1.29 is 4.42 Å². The van der Waals surface area contributed by atoms with Crippen LogP contribution in [-0.2, 0) is 0 Å². The molecule has 0 atom stereocenters. The van der Waals surface area contributed by atoms with E-state index in [1.807, 2.05) is 60.7 Å². The van der Waals surface area contributed by atoms with Gasteiger partial charge in [0, 0.05) is 43.8 Å². The first-order valence-electron chi connectivity index (χ1n) is 21.3. The molecule has 0 aliphatic heterocycles.